The Kier molecular flexibility index (Phi) is 8.99. The van der Waals surface area contributed by atoms with Gasteiger partial charge in [-0.3, -0.25) is 19.3 Å². The number of benzene rings is 1. The van der Waals surface area contributed by atoms with Crippen molar-refractivity contribution in [2.45, 2.75) is 96.1 Å². The van der Waals surface area contributed by atoms with Gasteiger partial charge < -0.3 is 15.5 Å². The molecule has 3 fully saturated rings. The van der Waals surface area contributed by atoms with Gasteiger partial charge >= 0.3 is 6.03 Å². The molecule has 0 spiro atoms. The summed E-state index contributed by atoms with van der Waals surface area (Å²) in [6, 6.07) is 7.41. The second-order valence-electron chi connectivity index (χ2n) is 10.5. The third kappa shape index (κ3) is 6.45. The average molecular weight is 497 g/mol. The van der Waals surface area contributed by atoms with Gasteiger partial charge in [-0.25, -0.2) is 4.79 Å². The Morgan fingerprint density at radius 3 is 2.50 bits per heavy atom. The molecule has 8 nitrogen and oxygen atoms in total. The molecule has 5 amide bonds. The van der Waals surface area contributed by atoms with E-state index in [1.54, 1.807) is 4.90 Å². The van der Waals surface area contributed by atoms with Crippen LogP contribution in [0.4, 0.5) is 10.5 Å². The minimum Gasteiger partial charge on any atom is -0.353 e. The fourth-order valence-corrected chi connectivity index (χ4v) is 5.90. The van der Waals surface area contributed by atoms with Crippen LogP contribution < -0.4 is 10.6 Å². The summed E-state index contributed by atoms with van der Waals surface area (Å²) >= 11 is 0. The number of imide groups is 1. The highest BCUT2D eigenvalue weighted by molar-refractivity contribution is 6.01. The van der Waals surface area contributed by atoms with Crippen LogP contribution in [-0.2, 0) is 20.8 Å². The third-order valence-corrected chi connectivity index (χ3v) is 7.88. The van der Waals surface area contributed by atoms with E-state index >= 15 is 0 Å². The van der Waals surface area contributed by atoms with Gasteiger partial charge in [-0.15, -0.1) is 0 Å². The number of rotatable bonds is 10. The molecule has 1 aromatic carbocycles. The lowest BCUT2D eigenvalue weighted by Crippen LogP contribution is -2.63. The normalized spacial score (nSPS) is 22.5. The van der Waals surface area contributed by atoms with E-state index in [4.69, 9.17) is 0 Å². The number of hydrogen-bond donors (Lipinski definition) is 2. The number of carbonyl (C=O) groups is 4. The molecule has 196 valence electrons. The van der Waals surface area contributed by atoms with Gasteiger partial charge in [-0.2, -0.15) is 0 Å². The Labute approximate surface area is 214 Å². The molecule has 4 rings (SSSR count). The van der Waals surface area contributed by atoms with Crippen LogP contribution >= 0.6 is 0 Å². The smallest absolute Gasteiger partial charge is 0.327 e. The van der Waals surface area contributed by atoms with Crippen molar-refractivity contribution >= 4 is 29.4 Å². The largest absolute Gasteiger partial charge is 0.353 e. The quantitative estimate of drug-likeness (QED) is 0.473. The fourth-order valence-electron chi connectivity index (χ4n) is 5.90. The lowest BCUT2D eigenvalue weighted by molar-refractivity contribution is -0.141. The van der Waals surface area contributed by atoms with Gasteiger partial charge in [0.05, 0.1) is 5.92 Å². The lowest BCUT2D eigenvalue weighted by atomic mass is 9.81. The van der Waals surface area contributed by atoms with Gasteiger partial charge in [0.25, 0.3) is 0 Å². The van der Waals surface area contributed by atoms with Crippen molar-refractivity contribution in [3.05, 3.63) is 29.8 Å². The zero-order valence-corrected chi connectivity index (χ0v) is 21.5. The van der Waals surface area contributed by atoms with E-state index in [0.29, 0.717) is 31.0 Å². The van der Waals surface area contributed by atoms with Gasteiger partial charge in [0, 0.05) is 30.7 Å². The summed E-state index contributed by atoms with van der Waals surface area (Å²) in [6.45, 7) is 2.28. The second-order valence-corrected chi connectivity index (χ2v) is 10.5. The molecule has 1 saturated heterocycles. The molecular formula is C28H40N4O4. The summed E-state index contributed by atoms with van der Waals surface area (Å²) in [5, 5.41) is 6.01. The maximum atomic E-state index is 13.4. The molecule has 3 aliphatic rings. The SMILES string of the molecule is CCc1cccc(NC(=O)CN2C(=O)N(CCCCC(=O)NC3CCCC3)C(=O)C3CCCCC32)c1. The molecule has 36 heavy (non-hydrogen) atoms. The van der Waals surface area contributed by atoms with Gasteiger partial charge in [0.1, 0.15) is 6.54 Å². The van der Waals surface area contributed by atoms with Gasteiger partial charge in [-0.05, 0) is 62.6 Å². The van der Waals surface area contributed by atoms with Crippen molar-refractivity contribution in [3.8, 4) is 0 Å². The predicted octanol–water partition coefficient (Wildman–Crippen LogP) is 4.24. The standard InChI is InChI=1S/C28H40N4O4/c1-2-20-10-9-13-22(18-20)30-26(34)19-32-24-15-6-5-14-23(24)27(35)31(28(32)36)17-8-7-16-25(33)29-21-11-3-4-12-21/h9-10,13,18,21,23-24H,2-8,11-12,14-17,19H2,1H3,(H,29,33)(H,30,34). The molecule has 0 radical (unpaired) electrons. The van der Waals surface area contributed by atoms with E-state index in [9.17, 15) is 19.2 Å². The van der Waals surface area contributed by atoms with E-state index in [2.05, 4.69) is 17.6 Å². The van der Waals surface area contributed by atoms with Crippen molar-refractivity contribution in [1.82, 2.24) is 15.1 Å². The van der Waals surface area contributed by atoms with E-state index in [0.717, 1.165) is 50.5 Å². The summed E-state index contributed by atoms with van der Waals surface area (Å²) < 4.78 is 0. The third-order valence-electron chi connectivity index (χ3n) is 7.88. The number of carbonyl (C=O) groups excluding carboxylic acids is 4. The van der Waals surface area contributed by atoms with E-state index in [1.807, 2.05) is 24.3 Å². The van der Waals surface area contributed by atoms with Crippen molar-refractivity contribution in [3.63, 3.8) is 0 Å². The zero-order valence-electron chi connectivity index (χ0n) is 21.5. The number of amides is 5. The number of urea groups is 1. The van der Waals surface area contributed by atoms with Crippen LogP contribution in [0.15, 0.2) is 24.3 Å². The first kappa shape index (κ1) is 26.2. The Bertz CT molecular complexity index is 959. The summed E-state index contributed by atoms with van der Waals surface area (Å²) in [5.41, 5.74) is 1.84. The van der Waals surface area contributed by atoms with Crippen molar-refractivity contribution in [2.75, 3.05) is 18.4 Å². The van der Waals surface area contributed by atoms with Gasteiger partial charge in [0.2, 0.25) is 17.7 Å². The first-order valence-electron chi connectivity index (χ1n) is 13.8. The van der Waals surface area contributed by atoms with Crippen molar-refractivity contribution in [2.24, 2.45) is 5.92 Å². The summed E-state index contributed by atoms with van der Waals surface area (Å²) in [6.07, 6.45) is 10.3. The molecule has 2 N–H and O–H groups in total. The van der Waals surface area contributed by atoms with Gasteiger partial charge in [-0.1, -0.05) is 44.7 Å². The number of hydrogen-bond acceptors (Lipinski definition) is 4. The first-order chi connectivity index (χ1) is 17.5. The number of anilines is 1. The number of aryl methyl sites for hydroxylation is 1. The average Bonchev–Trinajstić information content (AvgIpc) is 3.39. The monoisotopic (exact) mass is 496 g/mol. The number of nitrogens with zero attached hydrogens (tertiary/aromatic N) is 2. The molecule has 1 aromatic rings. The van der Waals surface area contributed by atoms with Crippen LogP contribution in [0.25, 0.3) is 0 Å². The van der Waals surface area contributed by atoms with Crippen molar-refractivity contribution in [1.29, 1.82) is 0 Å². The zero-order chi connectivity index (χ0) is 25.5. The van der Waals surface area contributed by atoms with E-state index < -0.39 is 0 Å². The minimum absolute atomic E-state index is 0.0518. The molecule has 0 aromatic heterocycles. The molecule has 0 bridgehead atoms. The highest BCUT2D eigenvalue weighted by Gasteiger charge is 2.47. The predicted molar refractivity (Wildman–Crippen MR) is 138 cm³/mol. The fraction of sp³-hybridized carbons (Fsp3) is 0.643. The first-order valence-corrected chi connectivity index (χ1v) is 13.8. The summed E-state index contributed by atoms with van der Waals surface area (Å²) in [4.78, 5) is 54.7. The summed E-state index contributed by atoms with van der Waals surface area (Å²) in [7, 11) is 0. The Morgan fingerprint density at radius 1 is 0.972 bits per heavy atom. The molecule has 1 heterocycles. The number of fused-ring (bicyclic) bond motifs is 1. The van der Waals surface area contributed by atoms with Crippen molar-refractivity contribution < 1.29 is 19.2 Å². The van der Waals surface area contributed by atoms with Crippen LogP contribution in [0, 0.1) is 5.92 Å². The highest BCUT2D eigenvalue weighted by Crippen LogP contribution is 2.34. The maximum Gasteiger partial charge on any atom is 0.327 e. The van der Waals surface area contributed by atoms with Crippen LogP contribution in [-0.4, -0.2) is 58.7 Å². The Hall–Kier alpha value is -2.90. The van der Waals surface area contributed by atoms with E-state index in [1.165, 1.54) is 17.7 Å². The van der Waals surface area contributed by atoms with Crippen LogP contribution in [0.5, 0.6) is 0 Å². The Morgan fingerprint density at radius 2 is 1.72 bits per heavy atom. The molecule has 2 atom stereocenters. The van der Waals surface area contributed by atoms with Crippen LogP contribution in [0.3, 0.4) is 0 Å². The maximum absolute atomic E-state index is 13.4. The molecule has 2 unspecified atom stereocenters. The molecule has 2 saturated carbocycles. The molecule has 8 heteroatoms. The van der Waals surface area contributed by atoms with Crippen LogP contribution in [0.2, 0.25) is 0 Å². The number of nitrogens with one attached hydrogen (secondary N) is 2. The molecule has 1 aliphatic heterocycles. The summed E-state index contributed by atoms with van der Waals surface area (Å²) in [5.74, 6) is -0.569. The Balaban J connectivity index is 1.34. The minimum atomic E-state index is -0.379. The number of unbranched alkanes of at least 4 members (excludes halogenated alkanes) is 1. The topological polar surface area (TPSA) is 98.8 Å². The van der Waals surface area contributed by atoms with Gasteiger partial charge in [0.15, 0.2) is 0 Å². The van der Waals surface area contributed by atoms with Crippen LogP contribution in [0.1, 0.15) is 83.1 Å². The highest BCUT2D eigenvalue weighted by atomic mass is 16.2. The molecule has 2 aliphatic carbocycles. The molecular weight excluding hydrogens is 456 g/mol. The lowest BCUT2D eigenvalue weighted by Gasteiger charge is -2.46. The second kappa shape index (κ2) is 12.4. The van der Waals surface area contributed by atoms with E-state index in [-0.39, 0.29) is 48.8 Å².